The predicted octanol–water partition coefficient (Wildman–Crippen LogP) is 3.56. The maximum atomic E-state index is 12.8. The van der Waals surface area contributed by atoms with Crippen molar-refractivity contribution in [2.45, 2.75) is 26.4 Å². The van der Waals surface area contributed by atoms with Crippen molar-refractivity contribution in [3.63, 3.8) is 0 Å². The molecule has 0 fully saturated rings. The number of carboxylic acids is 1. The van der Waals surface area contributed by atoms with Gasteiger partial charge in [-0.15, -0.1) is 0 Å². The highest BCUT2D eigenvalue weighted by atomic mass is 79.9. The van der Waals surface area contributed by atoms with Crippen molar-refractivity contribution in [1.82, 2.24) is 9.47 Å². The number of halogens is 1. The number of hydrogen-bond acceptors (Lipinski definition) is 2. The van der Waals surface area contributed by atoms with Gasteiger partial charge in [0.2, 0.25) is 0 Å². The van der Waals surface area contributed by atoms with Crippen LogP contribution in [0.5, 0.6) is 0 Å². The van der Waals surface area contributed by atoms with E-state index in [1.165, 1.54) is 4.90 Å². The normalized spacial score (nSPS) is 10.8. The first-order valence-corrected chi connectivity index (χ1v) is 8.10. The average Bonchev–Trinajstić information content (AvgIpc) is 2.88. The van der Waals surface area contributed by atoms with Gasteiger partial charge in [0.25, 0.3) is 5.91 Å². The zero-order valence-corrected chi connectivity index (χ0v) is 14.7. The summed E-state index contributed by atoms with van der Waals surface area (Å²) < 4.78 is 2.64. The van der Waals surface area contributed by atoms with Crippen LogP contribution in [0.1, 0.15) is 35.9 Å². The van der Waals surface area contributed by atoms with Gasteiger partial charge in [0.1, 0.15) is 12.2 Å². The van der Waals surface area contributed by atoms with Gasteiger partial charge < -0.3 is 14.6 Å². The number of amides is 1. The second-order valence-corrected chi connectivity index (χ2v) is 6.50. The lowest BCUT2D eigenvalue weighted by Crippen LogP contribution is -2.36. The summed E-state index contributed by atoms with van der Waals surface area (Å²) in [5.74, 6) is -1.33. The lowest BCUT2D eigenvalue weighted by atomic mass is 10.2. The third kappa shape index (κ3) is 4.45. The molecular formula is C17H19BrN2O3. The number of benzene rings is 1. The summed E-state index contributed by atoms with van der Waals surface area (Å²) in [5.41, 5.74) is 1.37. The molecule has 0 aliphatic carbocycles. The summed E-state index contributed by atoms with van der Waals surface area (Å²) in [5, 5.41) is 9.13. The lowest BCUT2D eigenvalue weighted by molar-refractivity contribution is -0.137. The molecule has 1 aromatic carbocycles. The van der Waals surface area contributed by atoms with E-state index in [-0.39, 0.29) is 25.0 Å². The van der Waals surface area contributed by atoms with E-state index in [0.29, 0.717) is 5.69 Å². The number of hydrogen-bond donors (Lipinski definition) is 1. The van der Waals surface area contributed by atoms with Gasteiger partial charge in [-0.05, 0) is 41.4 Å². The van der Waals surface area contributed by atoms with Crippen molar-refractivity contribution in [3.05, 3.63) is 58.3 Å². The summed E-state index contributed by atoms with van der Waals surface area (Å²) in [4.78, 5) is 25.3. The van der Waals surface area contributed by atoms with Crippen molar-refractivity contribution >= 4 is 27.8 Å². The Hall–Kier alpha value is -2.08. The second kappa shape index (κ2) is 7.46. The van der Waals surface area contributed by atoms with E-state index in [0.717, 1.165) is 10.0 Å². The van der Waals surface area contributed by atoms with E-state index < -0.39 is 5.97 Å². The Morgan fingerprint density at radius 2 is 1.91 bits per heavy atom. The molecule has 1 aromatic heterocycles. The van der Waals surface area contributed by atoms with Crippen LogP contribution in [0.15, 0.2) is 47.1 Å². The van der Waals surface area contributed by atoms with E-state index in [9.17, 15) is 9.59 Å². The molecule has 0 spiro atoms. The number of carboxylic acid groups (broad SMARTS) is 1. The zero-order valence-electron chi connectivity index (χ0n) is 13.1. The summed E-state index contributed by atoms with van der Waals surface area (Å²) in [6.45, 7) is 3.87. The van der Waals surface area contributed by atoms with Gasteiger partial charge in [-0.2, -0.15) is 0 Å². The predicted molar refractivity (Wildman–Crippen MR) is 91.3 cm³/mol. The molecule has 1 amide bonds. The van der Waals surface area contributed by atoms with Gasteiger partial charge in [-0.3, -0.25) is 9.59 Å². The molecule has 5 nitrogen and oxygen atoms in total. The van der Waals surface area contributed by atoms with Crippen LogP contribution in [0.2, 0.25) is 0 Å². The molecule has 0 saturated heterocycles. The number of carbonyl (C=O) groups excluding carboxylic acids is 1. The smallest absolute Gasteiger partial charge is 0.323 e. The van der Waals surface area contributed by atoms with Crippen LogP contribution >= 0.6 is 15.9 Å². The van der Waals surface area contributed by atoms with Crippen molar-refractivity contribution in [2.24, 2.45) is 0 Å². The number of aliphatic carboxylic acids is 1. The maximum absolute atomic E-state index is 12.8. The van der Waals surface area contributed by atoms with E-state index >= 15 is 0 Å². The summed E-state index contributed by atoms with van der Waals surface area (Å²) in [7, 11) is 0. The Kier molecular flexibility index (Phi) is 5.60. The van der Waals surface area contributed by atoms with Gasteiger partial charge in [0.05, 0.1) is 0 Å². The van der Waals surface area contributed by atoms with E-state index in [1.54, 1.807) is 6.07 Å². The molecular weight excluding hydrogens is 360 g/mol. The first-order chi connectivity index (χ1) is 10.9. The molecule has 0 aliphatic heterocycles. The molecule has 1 N–H and O–H groups in total. The third-order valence-corrected chi connectivity index (χ3v) is 3.85. The molecule has 0 aliphatic rings. The van der Waals surface area contributed by atoms with Gasteiger partial charge in [-0.1, -0.05) is 30.3 Å². The molecule has 2 aromatic rings. The number of aromatic nitrogens is 1. The van der Waals surface area contributed by atoms with Crippen LogP contribution in [-0.2, 0) is 11.3 Å². The van der Waals surface area contributed by atoms with Crippen LogP contribution in [0.4, 0.5) is 0 Å². The fraction of sp³-hybridized carbons (Fsp3) is 0.294. The minimum Gasteiger partial charge on any atom is -0.480 e. The van der Waals surface area contributed by atoms with Crippen LogP contribution < -0.4 is 0 Å². The van der Waals surface area contributed by atoms with Crippen molar-refractivity contribution in [1.29, 1.82) is 0 Å². The van der Waals surface area contributed by atoms with Crippen molar-refractivity contribution in [2.75, 3.05) is 6.54 Å². The topological polar surface area (TPSA) is 62.5 Å². The van der Waals surface area contributed by atoms with Gasteiger partial charge in [0, 0.05) is 23.3 Å². The average molecular weight is 379 g/mol. The van der Waals surface area contributed by atoms with Crippen molar-refractivity contribution < 1.29 is 14.7 Å². The van der Waals surface area contributed by atoms with Crippen LogP contribution in [0.3, 0.4) is 0 Å². The highest BCUT2D eigenvalue weighted by Gasteiger charge is 2.23. The summed E-state index contributed by atoms with van der Waals surface area (Å²) >= 11 is 3.38. The highest BCUT2D eigenvalue weighted by molar-refractivity contribution is 9.10. The standard InChI is InChI=1S/C17H19BrN2O3/c1-12(2)20-10-14(18)8-15(20)17(23)19(11-16(21)22)9-13-6-4-3-5-7-13/h3-8,10,12H,9,11H2,1-2H3,(H,21,22). The van der Waals surface area contributed by atoms with Crippen LogP contribution in [0, 0.1) is 0 Å². The van der Waals surface area contributed by atoms with E-state index in [4.69, 9.17) is 5.11 Å². The lowest BCUT2D eigenvalue weighted by Gasteiger charge is -2.22. The largest absolute Gasteiger partial charge is 0.480 e. The highest BCUT2D eigenvalue weighted by Crippen LogP contribution is 2.21. The zero-order chi connectivity index (χ0) is 17.0. The Balaban J connectivity index is 2.31. The van der Waals surface area contributed by atoms with Gasteiger partial charge >= 0.3 is 5.97 Å². The fourth-order valence-corrected chi connectivity index (χ4v) is 2.81. The molecule has 23 heavy (non-hydrogen) atoms. The van der Waals surface area contributed by atoms with E-state index in [1.807, 2.05) is 54.9 Å². The maximum Gasteiger partial charge on any atom is 0.323 e. The summed E-state index contributed by atoms with van der Waals surface area (Å²) in [6, 6.07) is 11.2. The number of rotatable bonds is 6. The Labute approximate surface area is 143 Å². The fourth-order valence-electron chi connectivity index (χ4n) is 2.37. The van der Waals surface area contributed by atoms with Crippen LogP contribution in [0.25, 0.3) is 0 Å². The number of nitrogens with zero attached hydrogens (tertiary/aromatic N) is 2. The molecule has 0 unspecified atom stereocenters. The minimum absolute atomic E-state index is 0.101. The molecule has 0 bridgehead atoms. The Bertz CT molecular complexity index is 695. The first kappa shape index (κ1) is 17.3. The van der Waals surface area contributed by atoms with E-state index in [2.05, 4.69) is 15.9 Å². The molecule has 1 heterocycles. The summed E-state index contributed by atoms with van der Waals surface area (Å²) in [6.07, 6.45) is 1.83. The minimum atomic E-state index is -1.03. The number of carbonyl (C=O) groups is 2. The quantitative estimate of drug-likeness (QED) is 0.835. The SMILES string of the molecule is CC(C)n1cc(Br)cc1C(=O)N(CC(=O)O)Cc1ccccc1. The molecule has 2 rings (SSSR count). The molecule has 0 radical (unpaired) electrons. The van der Waals surface area contributed by atoms with Gasteiger partial charge in [0.15, 0.2) is 0 Å². The molecule has 0 saturated carbocycles. The molecule has 0 atom stereocenters. The molecule has 122 valence electrons. The van der Waals surface area contributed by atoms with Gasteiger partial charge in [-0.25, -0.2) is 0 Å². The monoisotopic (exact) mass is 378 g/mol. The molecule has 6 heteroatoms. The Morgan fingerprint density at radius 1 is 1.26 bits per heavy atom. The van der Waals surface area contributed by atoms with Crippen molar-refractivity contribution in [3.8, 4) is 0 Å². The second-order valence-electron chi connectivity index (χ2n) is 5.59. The van der Waals surface area contributed by atoms with Crippen LogP contribution in [-0.4, -0.2) is 33.0 Å². The Morgan fingerprint density at radius 3 is 2.48 bits per heavy atom. The first-order valence-electron chi connectivity index (χ1n) is 7.31. The third-order valence-electron chi connectivity index (χ3n) is 3.42.